The van der Waals surface area contributed by atoms with Gasteiger partial charge in [-0.2, -0.15) is 0 Å². The van der Waals surface area contributed by atoms with Gasteiger partial charge in [0.15, 0.2) is 9.84 Å². The van der Waals surface area contributed by atoms with Crippen LogP contribution in [0.15, 0.2) is 29.2 Å². The van der Waals surface area contributed by atoms with Crippen molar-refractivity contribution in [3.05, 3.63) is 29.3 Å². The van der Waals surface area contributed by atoms with E-state index in [4.69, 9.17) is 16.7 Å². The number of benzene rings is 1. The number of unbranched alkanes of at least 4 members (excludes halogenated alkanes) is 1. The van der Waals surface area contributed by atoms with Crippen molar-refractivity contribution in [3.63, 3.8) is 0 Å². The van der Waals surface area contributed by atoms with Gasteiger partial charge in [-0.3, -0.25) is 0 Å². The fourth-order valence-electron chi connectivity index (χ4n) is 1.49. The molecule has 0 aliphatic rings. The molecule has 0 spiro atoms. The van der Waals surface area contributed by atoms with Crippen LogP contribution >= 0.6 is 11.6 Å². The van der Waals surface area contributed by atoms with Crippen LogP contribution in [0.4, 0.5) is 0 Å². The highest BCUT2D eigenvalue weighted by atomic mass is 35.5. The standard InChI is InChI=1S/C12H17ClO3S/c1-10(14)4-2-3-9-17(15,16)12-7-5-11(13)6-8-12/h5-8,10,14H,2-4,9H2,1H3. The highest BCUT2D eigenvalue weighted by Gasteiger charge is 2.13. The molecule has 0 aromatic heterocycles. The molecular formula is C12H17ClO3S. The molecule has 0 radical (unpaired) electrons. The maximum absolute atomic E-state index is 11.9. The Bertz CT molecular complexity index is 437. The van der Waals surface area contributed by atoms with Crippen LogP contribution in [0, 0.1) is 0 Å². The first-order valence-corrected chi connectivity index (χ1v) is 7.61. The average molecular weight is 277 g/mol. The number of hydrogen-bond donors (Lipinski definition) is 1. The number of hydrogen-bond acceptors (Lipinski definition) is 3. The maximum atomic E-state index is 11.9. The van der Waals surface area contributed by atoms with Gasteiger partial charge in [0.2, 0.25) is 0 Å². The van der Waals surface area contributed by atoms with Crippen molar-refractivity contribution >= 4 is 21.4 Å². The molecule has 1 rings (SSSR count). The minimum Gasteiger partial charge on any atom is -0.393 e. The number of aliphatic hydroxyl groups excluding tert-OH is 1. The zero-order valence-electron chi connectivity index (χ0n) is 9.77. The normalized spacial score (nSPS) is 13.6. The van der Waals surface area contributed by atoms with E-state index in [1.807, 2.05) is 0 Å². The van der Waals surface area contributed by atoms with Crippen molar-refractivity contribution in [2.24, 2.45) is 0 Å². The summed E-state index contributed by atoms with van der Waals surface area (Å²) in [6.07, 6.45) is 1.55. The molecule has 1 atom stereocenters. The quantitative estimate of drug-likeness (QED) is 0.813. The molecular weight excluding hydrogens is 260 g/mol. The summed E-state index contributed by atoms with van der Waals surface area (Å²) in [5.74, 6) is 0.112. The summed E-state index contributed by atoms with van der Waals surface area (Å²) in [6.45, 7) is 1.70. The van der Waals surface area contributed by atoms with E-state index in [1.54, 1.807) is 19.1 Å². The van der Waals surface area contributed by atoms with E-state index in [-0.39, 0.29) is 11.9 Å². The largest absolute Gasteiger partial charge is 0.393 e. The lowest BCUT2D eigenvalue weighted by molar-refractivity contribution is 0.181. The fraction of sp³-hybridized carbons (Fsp3) is 0.500. The van der Waals surface area contributed by atoms with Crippen molar-refractivity contribution in [3.8, 4) is 0 Å². The number of aliphatic hydroxyl groups is 1. The van der Waals surface area contributed by atoms with Crippen LogP contribution in [0.5, 0.6) is 0 Å². The van der Waals surface area contributed by atoms with Gasteiger partial charge in [-0.05, 0) is 50.5 Å². The highest BCUT2D eigenvalue weighted by Crippen LogP contribution is 2.16. The predicted molar refractivity (Wildman–Crippen MR) is 69.0 cm³/mol. The Morgan fingerprint density at radius 2 is 1.82 bits per heavy atom. The van der Waals surface area contributed by atoms with Gasteiger partial charge in [0.25, 0.3) is 0 Å². The number of sulfone groups is 1. The Hall–Kier alpha value is -0.580. The van der Waals surface area contributed by atoms with Crippen molar-refractivity contribution in [1.82, 2.24) is 0 Å². The van der Waals surface area contributed by atoms with Gasteiger partial charge >= 0.3 is 0 Å². The lowest BCUT2D eigenvalue weighted by Crippen LogP contribution is -2.08. The first kappa shape index (κ1) is 14.5. The van der Waals surface area contributed by atoms with Crippen LogP contribution in [-0.2, 0) is 9.84 Å². The lowest BCUT2D eigenvalue weighted by atomic mass is 10.2. The van der Waals surface area contributed by atoms with Gasteiger partial charge in [0.05, 0.1) is 16.8 Å². The summed E-state index contributed by atoms with van der Waals surface area (Å²) in [4.78, 5) is 0.305. The average Bonchev–Trinajstić information content (AvgIpc) is 2.25. The molecule has 0 saturated heterocycles. The first-order valence-electron chi connectivity index (χ1n) is 5.58. The van der Waals surface area contributed by atoms with Crippen LogP contribution in [0.1, 0.15) is 26.2 Å². The van der Waals surface area contributed by atoms with E-state index in [9.17, 15) is 8.42 Å². The smallest absolute Gasteiger partial charge is 0.178 e. The summed E-state index contributed by atoms with van der Waals surface area (Å²) < 4.78 is 23.8. The summed E-state index contributed by atoms with van der Waals surface area (Å²) >= 11 is 5.70. The van der Waals surface area contributed by atoms with Gasteiger partial charge in [0, 0.05) is 5.02 Å². The molecule has 5 heteroatoms. The second-order valence-electron chi connectivity index (χ2n) is 4.12. The third-order valence-corrected chi connectivity index (χ3v) is 4.53. The molecule has 1 aromatic rings. The maximum Gasteiger partial charge on any atom is 0.178 e. The Labute approximate surface area is 107 Å². The van der Waals surface area contributed by atoms with Gasteiger partial charge in [-0.25, -0.2) is 8.42 Å². The third-order valence-electron chi connectivity index (χ3n) is 2.46. The topological polar surface area (TPSA) is 54.4 Å². The van der Waals surface area contributed by atoms with Crippen LogP contribution in [0.2, 0.25) is 5.02 Å². The lowest BCUT2D eigenvalue weighted by Gasteiger charge is -2.06. The Morgan fingerprint density at radius 3 is 2.35 bits per heavy atom. The van der Waals surface area contributed by atoms with E-state index in [2.05, 4.69) is 0 Å². The monoisotopic (exact) mass is 276 g/mol. The zero-order chi connectivity index (χ0) is 12.9. The molecule has 0 aliphatic carbocycles. The van der Waals surface area contributed by atoms with Crippen molar-refractivity contribution in [1.29, 1.82) is 0 Å². The van der Waals surface area contributed by atoms with Crippen LogP contribution in [0.3, 0.4) is 0 Å². The minimum atomic E-state index is -3.22. The Balaban J connectivity index is 2.54. The molecule has 1 N–H and O–H groups in total. The van der Waals surface area contributed by atoms with Gasteiger partial charge < -0.3 is 5.11 Å². The Morgan fingerprint density at radius 1 is 1.24 bits per heavy atom. The Kier molecular flexibility index (Phi) is 5.43. The molecule has 0 fully saturated rings. The van der Waals surface area contributed by atoms with Crippen molar-refractivity contribution in [2.75, 3.05) is 5.75 Å². The molecule has 1 aromatic carbocycles. The number of halogens is 1. The second kappa shape index (κ2) is 6.38. The van der Waals surface area contributed by atoms with E-state index in [1.165, 1.54) is 12.1 Å². The van der Waals surface area contributed by atoms with E-state index < -0.39 is 9.84 Å². The van der Waals surface area contributed by atoms with Crippen LogP contribution in [-0.4, -0.2) is 25.4 Å². The van der Waals surface area contributed by atoms with E-state index >= 15 is 0 Å². The van der Waals surface area contributed by atoms with Gasteiger partial charge in [0.1, 0.15) is 0 Å². The van der Waals surface area contributed by atoms with Crippen LogP contribution < -0.4 is 0 Å². The zero-order valence-corrected chi connectivity index (χ0v) is 11.3. The van der Waals surface area contributed by atoms with Gasteiger partial charge in [-0.1, -0.05) is 11.6 Å². The van der Waals surface area contributed by atoms with E-state index in [0.717, 1.165) is 0 Å². The highest BCUT2D eigenvalue weighted by molar-refractivity contribution is 7.91. The molecule has 0 amide bonds. The fourth-order valence-corrected chi connectivity index (χ4v) is 2.99. The number of rotatable bonds is 6. The summed E-state index contributed by atoms with van der Waals surface area (Å²) in [5.41, 5.74) is 0. The summed E-state index contributed by atoms with van der Waals surface area (Å²) in [6, 6.07) is 6.19. The summed E-state index contributed by atoms with van der Waals surface area (Å²) in [7, 11) is -3.22. The SMILES string of the molecule is CC(O)CCCCS(=O)(=O)c1ccc(Cl)cc1. The molecule has 0 heterocycles. The molecule has 17 heavy (non-hydrogen) atoms. The molecule has 1 unspecified atom stereocenters. The minimum absolute atomic E-state index is 0.112. The van der Waals surface area contributed by atoms with Gasteiger partial charge in [-0.15, -0.1) is 0 Å². The predicted octanol–water partition coefficient (Wildman–Crippen LogP) is 2.66. The van der Waals surface area contributed by atoms with Crippen molar-refractivity contribution < 1.29 is 13.5 Å². The first-order chi connectivity index (χ1) is 7.92. The second-order valence-corrected chi connectivity index (χ2v) is 6.66. The molecule has 3 nitrogen and oxygen atoms in total. The molecule has 0 aliphatic heterocycles. The third kappa shape index (κ3) is 5.06. The van der Waals surface area contributed by atoms with Crippen LogP contribution in [0.25, 0.3) is 0 Å². The molecule has 0 bridgehead atoms. The summed E-state index contributed by atoms with van der Waals surface area (Å²) in [5, 5.41) is 9.59. The van der Waals surface area contributed by atoms with E-state index in [0.29, 0.717) is 29.2 Å². The van der Waals surface area contributed by atoms with Crippen molar-refractivity contribution in [2.45, 2.75) is 37.2 Å². The molecule has 96 valence electrons. The molecule has 0 saturated carbocycles.